The number of piperidine rings is 1. The van der Waals surface area contributed by atoms with Crippen molar-refractivity contribution in [3.63, 3.8) is 0 Å². The monoisotopic (exact) mass is 443 g/mol. The standard InChI is InChI=1S/C25H29N7O/c1-15(2)32-10-8-19(9-11-32)33-25-21-16(3)6-5-7-18(21)12-20(31-25)17(4)30-24-22-23(27-13-26-22)28-14-29-24/h5-7,12-14,17,19H,1,8-11H2,2-4H3,(H2,26,27,28,29,30). The molecule has 1 aromatic carbocycles. The van der Waals surface area contributed by atoms with Gasteiger partial charge in [-0.1, -0.05) is 24.8 Å². The maximum absolute atomic E-state index is 6.54. The molecule has 0 saturated carbocycles. The highest BCUT2D eigenvalue weighted by Crippen LogP contribution is 2.32. The van der Waals surface area contributed by atoms with Crippen LogP contribution in [-0.4, -0.2) is 49.0 Å². The van der Waals surface area contributed by atoms with E-state index in [2.05, 4.69) is 81.8 Å². The van der Waals surface area contributed by atoms with Gasteiger partial charge in [0.05, 0.1) is 18.1 Å². The van der Waals surface area contributed by atoms with Gasteiger partial charge in [-0.25, -0.2) is 19.9 Å². The van der Waals surface area contributed by atoms with Gasteiger partial charge in [-0.2, -0.15) is 0 Å². The van der Waals surface area contributed by atoms with Crippen molar-refractivity contribution >= 4 is 27.8 Å². The molecule has 4 aromatic rings. The second-order valence-corrected chi connectivity index (χ2v) is 8.75. The summed E-state index contributed by atoms with van der Waals surface area (Å²) < 4.78 is 6.54. The van der Waals surface area contributed by atoms with Crippen molar-refractivity contribution < 1.29 is 4.74 Å². The average Bonchev–Trinajstić information content (AvgIpc) is 3.29. The molecule has 3 aromatic heterocycles. The molecular formula is C25H29N7O. The molecule has 1 unspecified atom stereocenters. The zero-order valence-corrected chi connectivity index (χ0v) is 19.3. The van der Waals surface area contributed by atoms with Crippen LogP contribution >= 0.6 is 0 Å². The molecule has 5 rings (SSSR count). The van der Waals surface area contributed by atoms with Gasteiger partial charge in [-0.05, 0) is 37.8 Å². The van der Waals surface area contributed by atoms with Crippen molar-refractivity contribution in [1.29, 1.82) is 0 Å². The number of H-pyrrole nitrogens is 1. The second-order valence-electron chi connectivity index (χ2n) is 8.75. The van der Waals surface area contributed by atoms with Gasteiger partial charge in [0, 0.05) is 37.0 Å². The van der Waals surface area contributed by atoms with E-state index in [1.54, 1.807) is 6.33 Å². The maximum Gasteiger partial charge on any atom is 0.222 e. The normalized spacial score (nSPS) is 15.7. The molecular weight excluding hydrogens is 414 g/mol. The van der Waals surface area contributed by atoms with Crippen LogP contribution in [0, 0.1) is 6.92 Å². The van der Waals surface area contributed by atoms with Gasteiger partial charge >= 0.3 is 0 Å². The molecule has 0 amide bonds. The lowest BCUT2D eigenvalue weighted by molar-refractivity contribution is 0.114. The molecule has 0 bridgehead atoms. The first kappa shape index (κ1) is 21.2. The highest BCUT2D eigenvalue weighted by atomic mass is 16.5. The SMILES string of the molecule is C=C(C)N1CCC(Oc2nc(C(C)Nc3ncnc4[nH]cnc34)cc3cccc(C)c23)CC1. The molecule has 1 aliphatic rings. The average molecular weight is 444 g/mol. The van der Waals surface area contributed by atoms with Gasteiger partial charge in [-0.3, -0.25) is 0 Å². The van der Waals surface area contributed by atoms with E-state index in [0.717, 1.165) is 53.7 Å². The van der Waals surface area contributed by atoms with E-state index >= 15 is 0 Å². The Labute approximate surface area is 193 Å². The van der Waals surface area contributed by atoms with Crippen molar-refractivity contribution in [2.24, 2.45) is 0 Å². The molecule has 2 N–H and O–H groups in total. The third-order valence-corrected chi connectivity index (χ3v) is 6.33. The van der Waals surface area contributed by atoms with E-state index in [-0.39, 0.29) is 12.1 Å². The fourth-order valence-corrected chi connectivity index (χ4v) is 4.44. The minimum Gasteiger partial charge on any atom is -0.474 e. The highest BCUT2D eigenvalue weighted by Gasteiger charge is 2.23. The fraction of sp³-hybridized carbons (Fsp3) is 0.360. The lowest BCUT2D eigenvalue weighted by Crippen LogP contribution is -2.37. The molecule has 8 nitrogen and oxygen atoms in total. The van der Waals surface area contributed by atoms with Crippen molar-refractivity contribution in [1.82, 2.24) is 29.8 Å². The summed E-state index contributed by atoms with van der Waals surface area (Å²) >= 11 is 0. The number of aromatic nitrogens is 5. The molecule has 0 aliphatic carbocycles. The predicted octanol–water partition coefficient (Wildman–Crippen LogP) is 4.76. The van der Waals surface area contributed by atoms with Crippen molar-refractivity contribution in [3.05, 3.63) is 60.5 Å². The summed E-state index contributed by atoms with van der Waals surface area (Å²) in [6.07, 6.45) is 5.20. The number of likely N-dealkylation sites (tertiary alicyclic amines) is 1. The fourth-order valence-electron chi connectivity index (χ4n) is 4.44. The number of benzene rings is 1. The molecule has 1 atom stereocenters. The van der Waals surface area contributed by atoms with Gasteiger partial charge < -0.3 is 19.9 Å². The van der Waals surface area contributed by atoms with Gasteiger partial charge in [0.2, 0.25) is 5.88 Å². The summed E-state index contributed by atoms with van der Waals surface area (Å²) in [4.78, 5) is 23.3. The predicted molar refractivity (Wildman–Crippen MR) is 130 cm³/mol. The lowest BCUT2D eigenvalue weighted by Gasteiger charge is -2.33. The Kier molecular flexibility index (Phi) is 5.58. The molecule has 33 heavy (non-hydrogen) atoms. The van der Waals surface area contributed by atoms with Crippen LogP contribution in [0.5, 0.6) is 5.88 Å². The summed E-state index contributed by atoms with van der Waals surface area (Å²) in [5.41, 5.74) is 4.58. The molecule has 8 heteroatoms. The largest absolute Gasteiger partial charge is 0.474 e. The zero-order chi connectivity index (χ0) is 22.9. The van der Waals surface area contributed by atoms with Crippen molar-refractivity contribution in [2.45, 2.75) is 45.8 Å². The lowest BCUT2D eigenvalue weighted by atomic mass is 10.0. The third kappa shape index (κ3) is 4.20. The first-order valence-corrected chi connectivity index (χ1v) is 11.4. The van der Waals surface area contributed by atoms with Crippen molar-refractivity contribution in [2.75, 3.05) is 18.4 Å². The molecule has 170 valence electrons. The minimum absolute atomic E-state index is 0.0997. The third-order valence-electron chi connectivity index (χ3n) is 6.33. The quantitative estimate of drug-likeness (QED) is 0.444. The number of nitrogens with zero attached hydrogens (tertiary/aromatic N) is 5. The number of allylic oxidation sites excluding steroid dienone is 1. The zero-order valence-electron chi connectivity index (χ0n) is 19.3. The summed E-state index contributed by atoms with van der Waals surface area (Å²) in [7, 11) is 0. The summed E-state index contributed by atoms with van der Waals surface area (Å²) in [6, 6.07) is 8.33. The highest BCUT2D eigenvalue weighted by molar-refractivity contribution is 5.90. The van der Waals surface area contributed by atoms with Gasteiger partial charge in [0.15, 0.2) is 11.5 Å². The number of fused-ring (bicyclic) bond motifs is 2. The number of aromatic amines is 1. The number of hydrogen-bond acceptors (Lipinski definition) is 7. The number of imidazole rings is 1. The Morgan fingerprint density at radius 1 is 1.24 bits per heavy atom. The summed E-state index contributed by atoms with van der Waals surface area (Å²) in [6.45, 7) is 12.2. The number of aryl methyl sites for hydroxylation is 1. The van der Waals surface area contributed by atoms with E-state index in [9.17, 15) is 0 Å². The van der Waals surface area contributed by atoms with E-state index in [1.165, 1.54) is 6.33 Å². The number of pyridine rings is 1. The van der Waals surface area contributed by atoms with Crippen LogP contribution in [0.2, 0.25) is 0 Å². The van der Waals surface area contributed by atoms with Gasteiger partial charge in [-0.15, -0.1) is 0 Å². The van der Waals surface area contributed by atoms with Gasteiger partial charge in [0.1, 0.15) is 17.9 Å². The Morgan fingerprint density at radius 3 is 2.85 bits per heavy atom. The van der Waals surface area contributed by atoms with Crippen LogP contribution < -0.4 is 10.1 Å². The van der Waals surface area contributed by atoms with Crippen LogP contribution in [0.3, 0.4) is 0 Å². The molecule has 4 heterocycles. The Hall–Kier alpha value is -3.68. The molecule has 1 fully saturated rings. The molecule has 1 aliphatic heterocycles. The number of nitrogens with one attached hydrogen (secondary N) is 2. The van der Waals surface area contributed by atoms with Crippen molar-refractivity contribution in [3.8, 4) is 5.88 Å². The first-order valence-electron chi connectivity index (χ1n) is 11.4. The Bertz CT molecular complexity index is 1310. The van der Waals surface area contributed by atoms with E-state index < -0.39 is 0 Å². The Balaban J connectivity index is 1.45. The number of rotatable bonds is 6. The molecule has 0 radical (unpaired) electrons. The van der Waals surface area contributed by atoms with Crippen LogP contribution in [-0.2, 0) is 0 Å². The number of ether oxygens (including phenoxy) is 1. The van der Waals surface area contributed by atoms with E-state index in [4.69, 9.17) is 9.72 Å². The number of anilines is 1. The summed E-state index contributed by atoms with van der Waals surface area (Å²) in [5.74, 6) is 1.38. The Morgan fingerprint density at radius 2 is 2.06 bits per heavy atom. The van der Waals surface area contributed by atoms with Crippen LogP contribution in [0.1, 0.15) is 44.0 Å². The first-order chi connectivity index (χ1) is 16.0. The topological polar surface area (TPSA) is 91.9 Å². The van der Waals surface area contributed by atoms with Crippen LogP contribution in [0.25, 0.3) is 21.9 Å². The maximum atomic E-state index is 6.54. The van der Waals surface area contributed by atoms with Crippen LogP contribution in [0.4, 0.5) is 5.82 Å². The molecule has 1 saturated heterocycles. The van der Waals surface area contributed by atoms with E-state index in [0.29, 0.717) is 22.9 Å². The van der Waals surface area contributed by atoms with Gasteiger partial charge in [0.25, 0.3) is 0 Å². The van der Waals surface area contributed by atoms with Crippen LogP contribution in [0.15, 0.2) is 49.2 Å². The smallest absolute Gasteiger partial charge is 0.222 e. The summed E-state index contributed by atoms with van der Waals surface area (Å²) in [5, 5.41) is 5.65. The van der Waals surface area contributed by atoms with E-state index in [1.807, 2.05) is 0 Å². The molecule has 0 spiro atoms. The second kappa shape index (κ2) is 8.69. The number of hydrogen-bond donors (Lipinski definition) is 2. The minimum atomic E-state index is -0.0997.